The summed E-state index contributed by atoms with van der Waals surface area (Å²) in [4.78, 5) is 18.0. The fraction of sp³-hybridized carbons (Fsp3) is 0.286. The van der Waals surface area contributed by atoms with Gasteiger partial charge in [0.05, 0.1) is 30.0 Å². The van der Waals surface area contributed by atoms with Crippen LogP contribution in [0.1, 0.15) is 13.8 Å². The molecular formula is C28H29N9O. The Bertz CT molecular complexity index is 1460. The number of fused-ring (bicyclic) bond motifs is 1. The van der Waals surface area contributed by atoms with Gasteiger partial charge in [0.1, 0.15) is 0 Å². The minimum Gasteiger partial charge on any atom is -0.481 e. The Hall–Kier alpha value is -4.78. The highest BCUT2D eigenvalue weighted by atomic mass is 16.5. The van der Waals surface area contributed by atoms with Crippen LogP contribution in [0, 0.1) is 17.4 Å². The number of aliphatic imine (C=N–C) groups is 1. The van der Waals surface area contributed by atoms with Crippen LogP contribution < -0.4 is 15.0 Å². The first-order chi connectivity index (χ1) is 18.6. The second-order valence-electron chi connectivity index (χ2n) is 9.34. The predicted molar refractivity (Wildman–Crippen MR) is 147 cm³/mol. The molecule has 1 aliphatic heterocycles. The van der Waals surface area contributed by atoms with Crippen molar-refractivity contribution in [3.63, 3.8) is 0 Å². The maximum atomic E-state index is 9.54. The Morgan fingerprint density at radius 3 is 2.68 bits per heavy atom. The van der Waals surface area contributed by atoms with Crippen LogP contribution in [0.4, 0.5) is 11.5 Å². The monoisotopic (exact) mass is 507 g/mol. The number of hydrogen-bond acceptors (Lipinski definition) is 8. The smallest absolute Gasteiger partial charge is 0.213 e. The molecule has 10 nitrogen and oxygen atoms in total. The van der Waals surface area contributed by atoms with E-state index in [9.17, 15) is 5.26 Å². The summed E-state index contributed by atoms with van der Waals surface area (Å²) in [5.41, 5.74) is 3.26. The molecule has 38 heavy (non-hydrogen) atoms. The Labute approximate surface area is 221 Å². The topological polar surface area (TPSA) is 115 Å². The van der Waals surface area contributed by atoms with E-state index in [0.29, 0.717) is 30.8 Å². The average Bonchev–Trinajstić information content (AvgIpc) is 2.97. The Kier molecular flexibility index (Phi) is 7.26. The molecule has 0 aliphatic carbocycles. The van der Waals surface area contributed by atoms with Gasteiger partial charge < -0.3 is 14.5 Å². The Morgan fingerprint density at radius 2 is 1.97 bits per heavy atom. The van der Waals surface area contributed by atoms with Crippen molar-refractivity contribution in [2.75, 3.05) is 31.6 Å². The zero-order chi connectivity index (χ0) is 26.5. The molecule has 1 aliphatic rings. The highest BCUT2D eigenvalue weighted by Gasteiger charge is 2.32. The van der Waals surface area contributed by atoms with Crippen molar-refractivity contribution in [1.82, 2.24) is 30.4 Å². The largest absolute Gasteiger partial charge is 0.481 e. The van der Waals surface area contributed by atoms with Crippen LogP contribution in [0.25, 0.3) is 22.2 Å². The second-order valence-corrected chi connectivity index (χ2v) is 9.34. The number of pyridine rings is 2. The summed E-state index contributed by atoms with van der Waals surface area (Å²) >= 11 is 0. The molecule has 0 amide bonds. The number of methoxy groups -OCH3 is 1. The number of nitrogens with zero attached hydrogens (tertiary/aromatic N) is 8. The summed E-state index contributed by atoms with van der Waals surface area (Å²) in [6.07, 6.45) is 5.57. The number of nitrogens with one attached hydrogen (secondary N) is 1. The number of nitriles is 1. The minimum atomic E-state index is 0.101. The number of hydrogen-bond donors (Lipinski definition) is 1. The van der Waals surface area contributed by atoms with Gasteiger partial charge in [-0.3, -0.25) is 10.3 Å². The highest BCUT2D eigenvalue weighted by Crippen LogP contribution is 2.27. The SMILES string of the molecule is COc1ccc(-c2ccc(N3CCN(C(=Nc4cccc5ncccc45)NC#N)C(C(C)C)C3)nn2)cn1. The maximum absolute atomic E-state index is 9.54. The molecular weight excluding hydrogens is 478 g/mol. The molecule has 192 valence electrons. The van der Waals surface area contributed by atoms with Crippen molar-refractivity contribution in [2.45, 2.75) is 19.9 Å². The van der Waals surface area contributed by atoms with Crippen molar-refractivity contribution in [3.05, 3.63) is 67.0 Å². The predicted octanol–water partition coefficient (Wildman–Crippen LogP) is 4.00. The number of ether oxygens (including phenoxy) is 1. The summed E-state index contributed by atoms with van der Waals surface area (Å²) in [6.45, 7) is 6.46. The van der Waals surface area contributed by atoms with Crippen LogP contribution in [0.3, 0.4) is 0 Å². The van der Waals surface area contributed by atoms with Gasteiger partial charge in [0.2, 0.25) is 11.8 Å². The van der Waals surface area contributed by atoms with E-state index < -0.39 is 0 Å². The third-order valence-electron chi connectivity index (χ3n) is 6.69. The summed E-state index contributed by atoms with van der Waals surface area (Å²) < 4.78 is 5.13. The summed E-state index contributed by atoms with van der Waals surface area (Å²) in [7, 11) is 1.59. The van der Waals surface area contributed by atoms with Gasteiger partial charge in [-0.25, -0.2) is 9.98 Å². The number of guanidine groups is 1. The quantitative estimate of drug-likeness (QED) is 0.185. The van der Waals surface area contributed by atoms with Crippen LogP contribution >= 0.6 is 0 Å². The summed E-state index contributed by atoms with van der Waals surface area (Å²) in [5, 5.41) is 22.3. The van der Waals surface area contributed by atoms with E-state index in [-0.39, 0.29) is 6.04 Å². The number of rotatable bonds is 5. The van der Waals surface area contributed by atoms with Gasteiger partial charge in [0.25, 0.3) is 0 Å². The summed E-state index contributed by atoms with van der Waals surface area (Å²) in [5.74, 6) is 2.21. The number of anilines is 1. The number of benzene rings is 1. The van der Waals surface area contributed by atoms with Crippen molar-refractivity contribution in [2.24, 2.45) is 10.9 Å². The molecule has 1 fully saturated rings. The van der Waals surface area contributed by atoms with Crippen molar-refractivity contribution in [1.29, 1.82) is 5.26 Å². The number of piperazine rings is 1. The van der Waals surface area contributed by atoms with Crippen LogP contribution in [0.15, 0.2) is 72.0 Å². The molecule has 5 rings (SSSR count). The maximum Gasteiger partial charge on any atom is 0.213 e. The lowest BCUT2D eigenvalue weighted by molar-refractivity contribution is 0.220. The lowest BCUT2D eigenvalue weighted by Gasteiger charge is -2.44. The molecule has 1 N–H and O–H groups in total. The van der Waals surface area contributed by atoms with Crippen LogP contribution in [0.5, 0.6) is 5.88 Å². The van der Waals surface area contributed by atoms with Gasteiger partial charge in [-0.15, -0.1) is 10.2 Å². The molecule has 1 saturated heterocycles. The van der Waals surface area contributed by atoms with Gasteiger partial charge in [-0.1, -0.05) is 19.9 Å². The molecule has 3 aromatic heterocycles. The molecule has 0 saturated carbocycles. The Balaban J connectivity index is 1.38. The third kappa shape index (κ3) is 5.18. The minimum absolute atomic E-state index is 0.101. The van der Waals surface area contributed by atoms with Crippen molar-refractivity contribution < 1.29 is 4.74 Å². The molecule has 1 atom stereocenters. The van der Waals surface area contributed by atoms with Crippen molar-refractivity contribution >= 4 is 28.4 Å². The van der Waals surface area contributed by atoms with E-state index in [1.165, 1.54) is 0 Å². The molecule has 10 heteroatoms. The second kappa shape index (κ2) is 11.1. The molecule has 4 aromatic rings. The van der Waals surface area contributed by atoms with Crippen LogP contribution in [-0.2, 0) is 0 Å². The molecule has 0 bridgehead atoms. The van der Waals surface area contributed by atoms with E-state index in [1.807, 2.05) is 48.5 Å². The Morgan fingerprint density at radius 1 is 1.08 bits per heavy atom. The molecule has 4 heterocycles. The van der Waals surface area contributed by atoms with Crippen LogP contribution in [-0.4, -0.2) is 63.8 Å². The van der Waals surface area contributed by atoms with Gasteiger partial charge in [0, 0.05) is 49.0 Å². The fourth-order valence-electron chi connectivity index (χ4n) is 4.66. The van der Waals surface area contributed by atoms with Gasteiger partial charge in [0.15, 0.2) is 12.0 Å². The lowest BCUT2D eigenvalue weighted by atomic mass is 9.99. The zero-order valence-electron chi connectivity index (χ0n) is 21.6. The fourth-order valence-corrected chi connectivity index (χ4v) is 4.66. The molecule has 1 aromatic carbocycles. The highest BCUT2D eigenvalue weighted by molar-refractivity contribution is 5.94. The first-order valence-electron chi connectivity index (χ1n) is 12.5. The number of aromatic nitrogens is 4. The third-order valence-corrected chi connectivity index (χ3v) is 6.69. The first-order valence-corrected chi connectivity index (χ1v) is 12.5. The molecule has 0 radical (unpaired) electrons. The van der Waals surface area contributed by atoms with Gasteiger partial charge in [-0.2, -0.15) is 5.26 Å². The standard InChI is InChI=1S/C28H29N9O/c1-19(2)25-17-36(26-11-10-22(34-35-26)20-9-12-27(38-3)31-16-20)14-15-37(25)28(32-18-29)33-24-8-4-7-23-21(24)6-5-13-30-23/h4-13,16,19,25H,14-15,17H2,1-3H3,(H,32,33). The van der Waals surface area contributed by atoms with E-state index in [2.05, 4.69) is 55.3 Å². The molecule has 1 unspecified atom stereocenters. The summed E-state index contributed by atoms with van der Waals surface area (Å²) in [6, 6.07) is 17.5. The van der Waals surface area contributed by atoms with E-state index in [1.54, 1.807) is 25.6 Å². The van der Waals surface area contributed by atoms with Crippen LogP contribution in [0.2, 0.25) is 0 Å². The first kappa shape index (κ1) is 24.9. The normalized spacial score (nSPS) is 16.0. The van der Waals surface area contributed by atoms with Gasteiger partial charge >= 0.3 is 0 Å². The lowest BCUT2D eigenvalue weighted by Crippen LogP contribution is -2.59. The van der Waals surface area contributed by atoms with E-state index >= 15 is 0 Å². The van der Waals surface area contributed by atoms with E-state index in [0.717, 1.165) is 40.2 Å². The van der Waals surface area contributed by atoms with Gasteiger partial charge in [-0.05, 0) is 48.4 Å². The van der Waals surface area contributed by atoms with Crippen molar-refractivity contribution in [3.8, 4) is 23.3 Å². The van der Waals surface area contributed by atoms with E-state index in [4.69, 9.17) is 9.73 Å². The molecule has 0 spiro atoms. The average molecular weight is 508 g/mol. The zero-order valence-corrected chi connectivity index (χ0v) is 21.6.